The first-order chi connectivity index (χ1) is 6.24. The first-order valence-corrected chi connectivity index (χ1v) is 3.68. The lowest BCUT2D eigenvalue weighted by atomic mass is 10.2. The van der Waals surface area contributed by atoms with Gasteiger partial charge in [-0.25, -0.2) is 8.78 Å². The van der Waals surface area contributed by atoms with Gasteiger partial charge in [0.2, 0.25) is 0 Å². The fraction of sp³-hybridized carbons (Fsp3) is 0. The van der Waals surface area contributed by atoms with Crippen molar-refractivity contribution in [3.05, 3.63) is 36.0 Å². The number of benzene rings is 1. The van der Waals surface area contributed by atoms with Crippen LogP contribution in [0, 0.1) is 11.6 Å². The zero-order valence-electron chi connectivity index (χ0n) is 6.64. The van der Waals surface area contributed by atoms with Crippen molar-refractivity contribution >= 4 is 17.0 Å². The lowest BCUT2D eigenvalue weighted by Gasteiger charge is -1.94. The highest BCUT2D eigenvalue weighted by Crippen LogP contribution is 2.22. The third-order valence-corrected chi connectivity index (χ3v) is 1.84. The molecule has 1 aromatic heterocycles. The number of hydrogen-bond donors (Lipinski definition) is 1. The molecule has 0 fully saturated rings. The molecule has 0 amide bonds. The number of halogens is 2. The van der Waals surface area contributed by atoms with Crippen molar-refractivity contribution in [2.75, 3.05) is 0 Å². The van der Waals surface area contributed by atoms with Crippen LogP contribution >= 0.6 is 0 Å². The van der Waals surface area contributed by atoms with Crippen molar-refractivity contribution in [1.82, 2.24) is 10.2 Å². The van der Waals surface area contributed by atoms with Gasteiger partial charge in [-0.1, -0.05) is 6.58 Å². The Labute approximate surface area is 72.9 Å². The molecule has 0 saturated heterocycles. The summed E-state index contributed by atoms with van der Waals surface area (Å²) in [4.78, 5) is 0. The van der Waals surface area contributed by atoms with E-state index in [1.807, 2.05) is 0 Å². The first-order valence-electron chi connectivity index (χ1n) is 3.68. The van der Waals surface area contributed by atoms with E-state index in [4.69, 9.17) is 0 Å². The van der Waals surface area contributed by atoms with Crippen molar-refractivity contribution in [2.24, 2.45) is 0 Å². The predicted molar refractivity (Wildman–Crippen MR) is 46.1 cm³/mol. The monoisotopic (exact) mass is 180 g/mol. The standard InChI is InChI=1S/C9H6F2N2/c1-2-6-8-7(13-12-6)4-3-5(10)9(8)11/h2-4H,1H2,(H,12,13). The van der Waals surface area contributed by atoms with E-state index in [1.54, 1.807) is 0 Å². The molecule has 2 rings (SSSR count). The molecule has 0 unspecified atom stereocenters. The van der Waals surface area contributed by atoms with E-state index in [9.17, 15) is 8.78 Å². The normalized spacial score (nSPS) is 10.6. The van der Waals surface area contributed by atoms with Crippen molar-refractivity contribution in [3.63, 3.8) is 0 Å². The number of nitrogens with one attached hydrogen (secondary N) is 1. The zero-order valence-corrected chi connectivity index (χ0v) is 6.64. The summed E-state index contributed by atoms with van der Waals surface area (Å²) in [6.07, 6.45) is 1.38. The maximum Gasteiger partial charge on any atom is 0.170 e. The fourth-order valence-electron chi connectivity index (χ4n) is 1.22. The van der Waals surface area contributed by atoms with Crippen molar-refractivity contribution in [3.8, 4) is 0 Å². The number of nitrogens with zero attached hydrogens (tertiary/aromatic N) is 1. The van der Waals surface area contributed by atoms with Crippen LogP contribution in [0.1, 0.15) is 5.69 Å². The molecule has 1 aromatic carbocycles. The fourth-order valence-corrected chi connectivity index (χ4v) is 1.22. The van der Waals surface area contributed by atoms with E-state index in [0.29, 0.717) is 11.2 Å². The molecule has 0 spiro atoms. The molecule has 0 radical (unpaired) electrons. The Hall–Kier alpha value is -1.71. The molecule has 2 nitrogen and oxygen atoms in total. The van der Waals surface area contributed by atoms with Gasteiger partial charge in [0.05, 0.1) is 16.6 Å². The molecule has 0 aliphatic heterocycles. The molecule has 1 N–H and O–H groups in total. The maximum absolute atomic E-state index is 13.2. The average molecular weight is 180 g/mol. The van der Waals surface area contributed by atoms with Crippen LogP contribution in [0.15, 0.2) is 18.7 Å². The summed E-state index contributed by atoms with van der Waals surface area (Å²) in [5.74, 6) is -1.77. The van der Waals surface area contributed by atoms with E-state index in [1.165, 1.54) is 12.1 Å². The first kappa shape index (κ1) is 7.91. The van der Waals surface area contributed by atoms with E-state index in [-0.39, 0.29) is 5.39 Å². The molecule has 66 valence electrons. The summed E-state index contributed by atoms with van der Waals surface area (Å²) < 4.78 is 26.0. The molecule has 0 bridgehead atoms. The van der Waals surface area contributed by atoms with Crippen molar-refractivity contribution < 1.29 is 8.78 Å². The second-order valence-corrected chi connectivity index (χ2v) is 2.60. The topological polar surface area (TPSA) is 28.7 Å². The van der Waals surface area contributed by atoms with Gasteiger partial charge in [0.1, 0.15) is 0 Å². The molecule has 2 aromatic rings. The van der Waals surface area contributed by atoms with Gasteiger partial charge < -0.3 is 0 Å². The van der Waals surface area contributed by atoms with E-state index < -0.39 is 11.6 Å². The zero-order chi connectivity index (χ0) is 9.42. The summed E-state index contributed by atoms with van der Waals surface area (Å²) >= 11 is 0. The van der Waals surface area contributed by atoms with Crippen LogP contribution in [0.2, 0.25) is 0 Å². The van der Waals surface area contributed by atoms with Gasteiger partial charge in [-0.15, -0.1) is 0 Å². The third kappa shape index (κ3) is 1.02. The molecule has 0 saturated carbocycles. The Kier molecular flexibility index (Phi) is 1.62. The highest BCUT2D eigenvalue weighted by molar-refractivity contribution is 5.86. The Morgan fingerprint density at radius 2 is 2.15 bits per heavy atom. The van der Waals surface area contributed by atoms with Crippen LogP contribution in [-0.2, 0) is 0 Å². The number of aromatic nitrogens is 2. The molecule has 13 heavy (non-hydrogen) atoms. The molecule has 0 aliphatic carbocycles. The minimum atomic E-state index is -0.888. The van der Waals surface area contributed by atoms with Crippen LogP contribution in [0.25, 0.3) is 17.0 Å². The smallest absolute Gasteiger partial charge is 0.170 e. The van der Waals surface area contributed by atoms with Gasteiger partial charge in [0.15, 0.2) is 11.6 Å². The van der Waals surface area contributed by atoms with Crippen LogP contribution in [0.4, 0.5) is 8.78 Å². The number of fused-ring (bicyclic) bond motifs is 1. The molecule has 4 heteroatoms. The maximum atomic E-state index is 13.2. The second kappa shape index (κ2) is 2.65. The quantitative estimate of drug-likeness (QED) is 0.717. The SMILES string of the molecule is C=Cc1n[nH]c2ccc(F)c(F)c12. The number of H-pyrrole nitrogens is 1. The minimum Gasteiger partial charge on any atom is -0.277 e. The Balaban J connectivity index is 2.93. The van der Waals surface area contributed by atoms with E-state index in [0.717, 1.165) is 6.07 Å². The van der Waals surface area contributed by atoms with Gasteiger partial charge >= 0.3 is 0 Å². The number of hydrogen-bond acceptors (Lipinski definition) is 1. The lowest BCUT2D eigenvalue weighted by molar-refractivity contribution is 0.517. The minimum absolute atomic E-state index is 0.148. The van der Waals surface area contributed by atoms with Crippen LogP contribution in [-0.4, -0.2) is 10.2 Å². The summed E-state index contributed by atoms with van der Waals surface area (Å²) in [6.45, 7) is 3.45. The third-order valence-electron chi connectivity index (χ3n) is 1.84. The Bertz CT molecular complexity index is 474. The number of rotatable bonds is 1. The van der Waals surface area contributed by atoms with E-state index >= 15 is 0 Å². The van der Waals surface area contributed by atoms with Gasteiger partial charge in [0.25, 0.3) is 0 Å². The summed E-state index contributed by atoms with van der Waals surface area (Å²) in [5.41, 5.74) is 0.792. The number of aromatic amines is 1. The summed E-state index contributed by atoms with van der Waals surface area (Å²) in [5, 5.41) is 6.49. The highest BCUT2D eigenvalue weighted by Gasteiger charge is 2.11. The average Bonchev–Trinajstić information content (AvgIpc) is 2.55. The molecular weight excluding hydrogens is 174 g/mol. The molecule has 0 atom stereocenters. The van der Waals surface area contributed by atoms with Crippen LogP contribution in [0.3, 0.4) is 0 Å². The predicted octanol–water partition coefficient (Wildman–Crippen LogP) is 2.48. The molecule has 0 aliphatic rings. The Morgan fingerprint density at radius 1 is 1.38 bits per heavy atom. The Morgan fingerprint density at radius 3 is 2.85 bits per heavy atom. The lowest BCUT2D eigenvalue weighted by Crippen LogP contribution is -1.84. The molecular formula is C9H6F2N2. The van der Waals surface area contributed by atoms with Gasteiger partial charge in [-0.2, -0.15) is 5.10 Å². The van der Waals surface area contributed by atoms with Crippen LogP contribution < -0.4 is 0 Å². The van der Waals surface area contributed by atoms with Gasteiger partial charge in [0, 0.05) is 0 Å². The summed E-state index contributed by atoms with van der Waals surface area (Å²) in [7, 11) is 0. The van der Waals surface area contributed by atoms with Crippen molar-refractivity contribution in [1.29, 1.82) is 0 Å². The van der Waals surface area contributed by atoms with Crippen molar-refractivity contribution in [2.45, 2.75) is 0 Å². The molecule has 1 heterocycles. The van der Waals surface area contributed by atoms with E-state index in [2.05, 4.69) is 16.8 Å². The second-order valence-electron chi connectivity index (χ2n) is 2.60. The van der Waals surface area contributed by atoms with Gasteiger partial charge in [-0.05, 0) is 18.2 Å². The largest absolute Gasteiger partial charge is 0.277 e. The van der Waals surface area contributed by atoms with Crippen LogP contribution in [0.5, 0.6) is 0 Å². The van der Waals surface area contributed by atoms with Gasteiger partial charge in [-0.3, -0.25) is 5.10 Å². The highest BCUT2D eigenvalue weighted by atomic mass is 19.2. The summed E-state index contributed by atoms with van der Waals surface area (Å²) in [6, 6.07) is 2.50.